The molecule has 2 atom stereocenters. The minimum absolute atomic E-state index is 0.0746. The molecule has 38 heavy (non-hydrogen) atoms. The van der Waals surface area contributed by atoms with Crippen molar-refractivity contribution >= 4 is 28.8 Å². The van der Waals surface area contributed by atoms with E-state index in [1.807, 2.05) is 74.2 Å². The fourth-order valence-electron chi connectivity index (χ4n) is 4.89. The molecule has 2 aromatic carbocycles. The van der Waals surface area contributed by atoms with Gasteiger partial charge in [-0.25, -0.2) is 9.79 Å². The smallest absolute Gasteiger partial charge is 0.419 e. The number of aliphatic imine (C=N–C) groups is 1. The summed E-state index contributed by atoms with van der Waals surface area (Å²) in [5, 5.41) is 0.882. The summed E-state index contributed by atoms with van der Waals surface area (Å²) in [4.78, 5) is 33.5. The summed E-state index contributed by atoms with van der Waals surface area (Å²) >= 11 is 0. The fraction of sp³-hybridized carbons (Fsp3) is 0.433. The molecule has 2 heterocycles. The number of aromatic nitrogens is 1. The van der Waals surface area contributed by atoms with E-state index in [2.05, 4.69) is 13.8 Å². The van der Waals surface area contributed by atoms with E-state index in [9.17, 15) is 9.59 Å². The van der Waals surface area contributed by atoms with Crippen LogP contribution in [0.1, 0.15) is 45.7 Å². The Morgan fingerprint density at radius 2 is 1.71 bits per heavy atom. The topological polar surface area (TPSA) is 82.4 Å². The van der Waals surface area contributed by atoms with Crippen molar-refractivity contribution in [2.45, 2.75) is 65.3 Å². The fourth-order valence-corrected chi connectivity index (χ4v) is 4.89. The van der Waals surface area contributed by atoms with Crippen molar-refractivity contribution in [1.29, 1.82) is 0 Å². The highest BCUT2D eigenvalue weighted by Crippen LogP contribution is 2.29. The molecule has 0 N–H and O–H groups in total. The lowest BCUT2D eigenvalue weighted by atomic mass is 9.95. The Morgan fingerprint density at radius 3 is 2.32 bits per heavy atom. The predicted molar refractivity (Wildman–Crippen MR) is 148 cm³/mol. The maximum atomic E-state index is 13.9. The average molecular weight is 520 g/mol. The van der Waals surface area contributed by atoms with Crippen LogP contribution in [-0.2, 0) is 27.2 Å². The Kier molecular flexibility index (Phi) is 7.81. The number of para-hydroxylation sites is 1. The Balaban J connectivity index is 1.69. The molecule has 0 aliphatic carbocycles. The first-order valence-electron chi connectivity index (χ1n) is 12.9. The Bertz CT molecular complexity index is 1330. The summed E-state index contributed by atoms with van der Waals surface area (Å²) in [6.45, 7) is 10.0. The van der Waals surface area contributed by atoms with Crippen molar-refractivity contribution in [3.05, 3.63) is 65.9 Å². The van der Waals surface area contributed by atoms with Crippen LogP contribution >= 0.6 is 0 Å². The van der Waals surface area contributed by atoms with Gasteiger partial charge in [-0.1, -0.05) is 44.2 Å². The number of hydrogen-bond donors (Lipinski definition) is 0. The molecule has 202 valence electrons. The third-order valence-electron chi connectivity index (χ3n) is 6.59. The van der Waals surface area contributed by atoms with Crippen molar-refractivity contribution in [2.24, 2.45) is 10.9 Å². The van der Waals surface area contributed by atoms with Gasteiger partial charge in [-0.05, 0) is 56.0 Å². The normalized spacial score (nSPS) is 18.1. The third kappa shape index (κ3) is 5.69. The van der Waals surface area contributed by atoms with Gasteiger partial charge in [0, 0.05) is 24.5 Å². The van der Waals surface area contributed by atoms with E-state index in [-0.39, 0.29) is 17.9 Å². The van der Waals surface area contributed by atoms with Crippen LogP contribution in [-0.4, -0.2) is 59.3 Å². The van der Waals surface area contributed by atoms with Crippen LogP contribution in [0.5, 0.6) is 5.75 Å². The second-order valence-corrected chi connectivity index (χ2v) is 10.9. The molecule has 0 unspecified atom stereocenters. The first-order valence-corrected chi connectivity index (χ1v) is 12.9. The summed E-state index contributed by atoms with van der Waals surface area (Å²) in [5.41, 5.74) is 1.93. The number of carbonyl (C=O) groups excluding carboxylic acids is 2. The number of benzene rings is 2. The lowest BCUT2D eigenvalue weighted by Gasteiger charge is -2.39. The van der Waals surface area contributed by atoms with Crippen LogP contribution in [0.2, 0.25) is 0 Å². The molecule has 0 saturated heterocycles. The molecule has 3 aromatic rings. The highest BCUT2D eigenvalue weighted by Gasteiger charge is 2.40. The molecule has 1 aromatic heterocycles. The highest BCUT2D eigenvalue weighted by molar-refractivity contribution is 5.97. The highest BCUT2D eigenvalue weighted by atomic mass is 16.6. The van der Waals surface area contributed by atoms with E-state index in [1.165, 1.54) is 4.57 Å². The van der Waals surface area contributed by atoms with E-state index in [0.29, 0.717) is 18.9 Å². The number of fused-ring (bicyclic) bond motifs is 1. The van der Waals surface area contributed by atoms with E-state index < -0.39 is 17.7 Å². The number of nitrogens with zero attached hydrogens (tertiary/aromatic N) is 3. The molecule has 1 aliphatic rings. The van der Waals surface area contributed by atoms with Gasteiger partial charge in [0.15, 0.2) is 0 Å². The van der Waals surface area contributed by atoms with Gasteiger partial charge in [-0.3, -0.25) is 9.36 Å². The zero-order valence-corrected chi connectivity index (χ0v) is 23.2. The molecule has 0 spiro atoms. The first kappa shape index (κ1) is 27.2. The predicted octanol–water partition coefficient (Wildman–Crippen LogP) is 5.46. The zero-order valence-electron chi connectivity index (χ0n) is 23.2. The number of amides is 1. The van der Waals surface area contributed by atoms with Crippen molar-refractivity contribution in [3.8, 4) is 5.75 Å². The van der Waals surface area contributed by atoms with Crippen LogP contribution in [0, 0.1) is 5.92 Å². The van der Waals surface area contributed by atoms with Crippen LogP contribution < -0.4 is 4.74 Å². The summed E-state index contributed by atoms with van der Waals surface area (Å²) in [6, 6.07) is 14.4. The number of carbonyl (C=O) groups is 2. The van der Waals surface area contributed by atoms with Crippen molar-refractivity contribution in [3.63, 3.8) is 0 Å². The van der Waals surface area contributed by atoms with E-state index in [0.717, 1.165) is 27.8 Å². The summed E-state index contributed by atoms with van der Waals surface area (Å²) in [5.74, 6) is 1.33. The van der Waals surface area contributed by atoms with Gasteiger partial charge in [-0.15, -0.1) is 0 Å². The quantitative estimate of drug-likeness (QED) is 0.432. The number of hydrogen-bond acceptors (Lipinski definition) is 6. The van der Waals surface area contributed by atoms with Gasteiger partial charge in [0.25, 0.3) is 0 Å². The molecule has 8 nitrogen and oxygen atoms in total. The van der Waals surface area contributed by atoms with Crippen LogP contribution in [0.15, 0.2) is 59.7 Å². The van der Waals surface area contributed by atoms with Crippen molar-refractivity contribution in [1.82, 2.24) is 9.47 Å². The van der Waals surface area contributed by atoms with Crippen LogP contribution in [0.25, 0.3) is 10.9 Å². The second kappa shape index (κ2) is 10.9. The van der Waals surface area contributed by atoms with Gasteiger partial charge in [0.05, 0.1) is 19.7 Å². The molecule has 0 bridgehead atoms. The Labute approximate surface area is 224 Å². The van der Waals surface area contributed by atoms with Gasteiger partial charge in [0.2, 0.25) is 11.8 Å². The molecule has 0 radical (unpaired) electrons. The lowest BCUT2D eigenvalue weighted by Crippen LogP contribution is -2.55. The molecule has 4 rings (SSSR count). The maximum Gasteiger partial charge on any atom is 0.419 e. The third-order valence-corrected chi connectivity index (χ3v) is 6.59. The molecular weight excluding hydrogens is 482 g/mol. The van der Waals surface area contributed by atoms with Crippen LogP contribution in [0.4, 0.5) is 4.79 Å². The van der Waals surface area contributed by atoms with Crippen molar-refractivity contribution in [2.75, 3.05) is 14.2 Å². The monoisotopic (exact) mass is 519 g/mol. The minimum atomic E-state index is -0.684. The molecule has 1 aliphatic heterocycles. The number of ether oxygens (including phenoxy) is 3. The molecule has 8 heteroatoms. The van der Waals surface area contributed by atoms with Crippen LogP contribution in [0.3, 0.4) is 0 Å². The second-order valence-electron chi connectivity index (χ2n) is 10.9. The molecule has 0 saturated carbocycles. The Morgan fingerprint density at radius 1 is 1.03 bits per heavy atom. The average Bonchev–Trinajstić information content (AvgIpc) is 3.24. The first-order chi connectivity index (χ1) is 18.0. The van der Waals surface area contributed by atoms with Crippen molar-refractivity contribution < 1.29 is 23.8 Å². The number of methoxy groups -OCH3 is 2. The van der Waals surface area contributed by atoms with Gasteiger partial charge in [-0.2, -0.15) is 0 Å². The number of rotatable bonds is 6. The van der Waals surface area contributed by atoms with Gasteiger partial charge < -0.3 is 19.1 Å². The van der Waals surface area contributed by atoms with E-state index >= 15 is 0 Å². The minimum Gasteiger partial charge on any atom is -0.497 e. The van der Waals surface area contributed by atoms with E-state index in [1.54, 1.807) is 20.4 Å². The lowest BCUT2D eigenvalue weighted by molar-refractivity contribution is -0.136. The standard InChI is InChI=1S/C30H37N3O5/c1-19(2)26-27(37-7)31-24(28(34)33(26)17-20-12-14-22(36-6)15-13-20)16-21-18-32(29(35)38-30(3,4)5)25-11-9-8-10-23(21)25/h8-15,18-19,24,26H,16-17H2,1-7H3/t24-,26+/m1/s1. The molecular formula is C30H37N3O5. The molecule has 0 fully saturated rings. The van der Waals surface area contributed by atoms with Gasteiger partial charge >= 0.3 is 6.09 Å². The molecule has 1 amide bonds. The largest absolute Gasteiger partial charge is 0.497 e. The summed E-state index contributed by atoms with van der Waals surface area (Å²) in [6.07, 6.45) is 1.62. The summed E-state index contributed by atoms with van der Waals surface area (Å²) < 4.78 is 18.1. The Hall–Kier alpha value is -3.81. The van der Waals surface area contributed by atoms with Gasteiger partial charge in [0.1, 0.15) is 23.4 Å². The maximum absolute atomic E-state index is 13.9. The SMILES string of the molecule is COC1=N[C@H](Cc2cn(C(=O)OC(C)(C)C)c3ccccc23)C(=O)N(Cc2ccc(OC)cc2)[C@H]1C(C)C. The zero-order chi connectivity index (χ0) is 27.6. The van der Waals surface area contributed by atoms with E-state index in [4.69, 9.17) is 19.2 Å². The summed E-state index contributed by atoms with van der Waals surface area (Å²) in [7, 11) is 3.23.